The molecule has 25 heavy (non-hydrogen) atoms. The van der Waals surface area contributed by atoms with E-state index in [1.165, 1.54) is 21.4 Å². The molecule has 3 aromatic heterocycles. The zero-order valence-electron chi connectivity index (χ0n) is 12.4. The van der Waals surface area contributed by atoms with Gasteiger partial charge in [-0.15, -0.1) is 0 Å². The lowest BCUT2D eigenvalue weighted by Crippen LogP contribution is -2.39. The predicted molar refractivity (Wildman–Crippen MR) is 82.0 cm³/mol. The van der Waals surface area contributed by atoms with Gasteiger partial charge in [-0.3, -0.25) is 18.6 Å². The minimum atomic E-state index is -5.45. The Hall–Kier alpha value is -2.47. The van der Waals surface area contributed by atoms with Crippen LogP contribution in [0.15, 0.2) is 34.0 Å². The van der Waals surface area contributed by atoms with Gasteiger partial charge in [0.15, 0.2) is 0 Å². The van der Waals surface area contributed by atoms with Gasteiger partial charge < -0.3 is 0 Å². The molecule has 8 nitrogen and oxygen atoms in total. The smallest absolute Gasteiger partial charge is 0.283 e. The lowest BCUT2D eigenvalue weighted by Gasteiger charge is -2.10. The zero-order chi connectivity index (χ0) is 18.4. The molecule has 3 heterocycles. The third-order valence-corrected chi connectivity index (χ3v) is 4.81. The summed E-state index contributed by atoms with van der Waals surface area (Å²) < 4.78 is 62.1. The minimum Gasteiger partial charge on any atom is -0.283 e. The molecule has 0 aliphatic rings. The Morgan fingerprint density at radius 2 is 1.80 bits per heavy atom. The van der Waals surface area contributed by atoms with Crippen LogP contribution in [0.1, 0.15) is 6.42 Å². The van der Waals surface area contributed by atoms with Crippen LogP contribution in [0.2, 0.25) is 0 Å². The second-order valence-electron chi connectivity index (χ2n) is 5.21. The van der Waals surface area contributed by atoms with Crippen molar-refractivity contribution in [1.29, 1.82) is 0 Å². The molecule has 0 amide bonds. The lowest BCUT2D eigenvalue weighted by molar-refractivity contribution is -0.0447. The van der Waals surface area contributed by atoms with Gasteiger partial charge in [-0.2, -0.15) is 13.2 Å². The highest BCUT2D eigenvalue weighted by Crippen LogP contribution is 2.21. The summed E-state index contributed by atoms with van der Waals surface area (Å²) in [5.41, 5.74) is -5.91. The average molecular weight is 376 g/mol. The van der Waals surface area contributed by atoms with E-state index in [4.69, 9.17) is 0 Å². The predicted octanol–water partition coefficient (Wildman–Crippen LogP) is 0.276. The normalized spacial score (nSPS) is 13.1. The van der Waals surface area contributed by atoms with Crippen molar-refractivity contribution in [2.75, 3.05) is 6.54 Å². The highest BCUT2D eigenvalue weighted by Gasteiger charge is 2.45. The van der Waals surface area contributed by atoms with Crippen LogP contribution >= 0.6 is 0 Å². The van der Waals surface area contributed by atoms with Crippen LogP contribution in [0, 0.1) is 0 Å². The van der Waals surface area contributed by atoms with Gasteiger partial charge >= 0.3 is 15.5 Å². The van der Waals surface area contributed by atoms with Gasteiger partial charge in [-0.1, -0.05) is 6.07 Å². The second-order valence-corrected chi connectivity index (χ2v) is 6.97. The molecule has 0 aliphatic carbocycles. The first-order valence-corrected chi connectivity index (χ1v) is 8.50. The Morgan fingerprint density at radius 1 is 1.12 bits per heavy atom. The molecule has 0 aliphatic heterocycles. The molecule has 0 unspecified atom stereocenters. The molecule has 0 saturated carbocycles. The van der Waals surface area contributed by atoms with Crippen LogP contribution in [0.4, 0.5) is 13.2 Å². The van der Waals surface area contributed by atoms with E-state index in [1.807, 2.05) is 0 Å². The van der Waals surface area contributed by atoms with Crippen LogP contribution in [-0.2, 0) is 16.6 Å². The molecule has 0 fully saturated rings. The third-order valence-electron chi connectivity index (χ3n) is 3.61. The fourth-order valence-corrected chi connectivity index (χ4v) is 3.03. The maximum atomic E-state index is 12.4. The lowest BCUT2D eigenvalue weighted by atomic mass is 10.3. The maximum absolute atomic E-state index is 12.4. The molecule has 3 aromatic rings. The maximum Gasteiger partial charge on any atom is 0.511 e. The summed E-state index contributed by atoms with van der Waals surface area (Å²) in [6.45, 7) is -0.804. The molecular weight excluding hydrogens is 365 g/mol. The number of nitrogens with zero attached hydrogens (tertiary/aromatic N) is 3. The third kappa shape index (κ3) is 2.87. The number of hydrogen-bond acceptors (Lipinski definition) is 5. The van der Waals surface area contributed by atoms with Gasteiger partial charge in [0.05, 0.1) is 6.20 Å². The Morgan fingerprint density at radius 3 is 2.48 bits per heavy atom. The van der Waals surface area contributed by atoms with Gasteiger partial charge in [0.25, 0.3) is 11.1 Å². The van der Waals surface area contributed by atoms with Crippen molar-refractivity contribution in [2.45, 2.75) is 18.5 Å². The van der Waals surface area contributed by atoms with Crippen molar-refractivity contribution in [3.63, 3.8) is 0 Å². The van der Waals surface area contributed by atoms with Crippen LogP contribution in [0.25, 0.3) is 16.7 Å². The Labute approximate surface area is 137 Å². The first-order chi connectivity index (χ1) is 11.6. The largest absolute Gasteiger partial charge is 0.511 e. The van der Waals surface area contributed by atoms with E-state index in [0.717, 1.165) is 4.57 Å². The Balaban J connectivity index is 1.86. The molecule has 1 N–H and O–H groups in total. The zero-order valence-corrected chi connectivity index (χ0v) is 13.3. The summed E-state index contributed by atoms with van der Waals surface area (Å²) in [6, 6.07) is 4.70. The summed E-state index contributed by atoms with van der Waals surface area (Å²) in [4.78, 5) is 28.8. The summed E-state index contributed by atoms with van der Waals surface area (Å²) in [7, 11) is -5.45. The molecule has 3 rings (SSSR count). The van der Waals surface area contributed by atoms with Crippen LogP contribution in [0.5, 0.6) is 0 Å². The number of pyridine rings is 1. The number of halogens is 3. The number of imidazole rings is 1. The minimum absolute atomic E-state index is 0.154. The Bertz CT molecular complexity index is 1150. The molecule has 0 bridgehead atoms. The van der Waals surface area contributed by atoms with Crippen LogP contribution in [0.3, 0.4) is 0 Å². The van der Waals surface area contributed by atoms with E-state index in [1.54, 1.807) is 12.1 Å². The SMILES string of the molecule is O=c1c2cccc3ncc(c(=O)n1CCCNS(=O)(=O)C(F)(F)F)n32. The quantitative estimate of drug-likeness (QED) is 0.645. The molecule has 0 atom stereocenters. The van der Waals surface area contributed by atoms with E-state index in [2.05, 4.69) is 4.98 Å². The number of hydrogen-bond donors (Lipinski definition) is 1. The highest BCUT2D eigenvalue weighted by atomic mass is 32.2. The van der Waals surface area contributed by atoms with E-state index in [0.29, 0.717) is 5.65 Å². The van der Waals surface area contributed by atoms with E-state index in [9.17, 15) is 31.2 Å². The van der Waals surface area contributed by atoms with Gasteiger partial charge in [-0.25, -0.2) is 18.1 Å². The molecule has 0 saturated heterocycles. The number of sulfonamides is 1. The van der Waals surface area contributed by atoms with Crippen molar-refractivity contribution >= 4 is 26.7 Å². The van der Waals surface area contributed by atoms with E-state index in [-0.39, 0.29) is 24.0 Å². The molecule has 134 valence electrons. The number of rotatable bonds is 5. The fourth-order valence-electron chi connectivity index (χ4n) is 2.45. The summed E-state index contributed by atoms with van der Waals surface area (Å²) in [5.74, 6) is 0. The van der Waals surface area contributed by atoms with Gasteiger partial charge in [0.2, 0.25) is 0 Å². The first kappa shape index (κ1) is 17.4. The Kier molecular flexibility index (Phi) is 4.03. The first-order valence-electron chi connectivity index (χ1n) is 7.02. The number of aromatic nitrogens is 3. The van der Waals surface area contributed by atoms with Crippen LogP contribution in [-0.4, -0.2) is 34.4 Å². The molecule has 0 aromatic carbocycles. The monoisotopic (exact) mass is 376 g/mol. The van der Waals surface area contributed by atoms with Gasteiger partial charge in [-0.05, 0) is 18.6 Å². The summed E-state index contributed by atoms with van der Waals surface area (Å²) in [6.07, 6.45) is 1.13. The number of alkyl halides is 3. The van der Waals surface area contributed by atoms with Crippen molar-refractivity contribution in [2.24, 2.45) is 0 Å². The molecule has 0 radical (unpaired) electrons. The van der Waals surface area contributed by atoms with E-state index < -0.39 is 33.2 Å². The highest BCUT2D eigenvalue weighted by molar-refractivity contribution is 7.90. The number of nitrogens with one attached hydrogen (secondary N) is 1. The molecular formula is C13H11F3N4O4S. The van der Waals surface area contributed by atoms with Crippen LogP contribution < -0.4 is 15.8 Å². The van der Waals surface area contributed by atoms with Crippen molar-refractivity contribution in [1.82, 2.24) is 18.7 Å². The van der Waals surface area contributed by atoms with Gasteiger partial charge in [0, 0.05) is 13.1 Å². The molecule has 0 spiro atoms. The second kappa shape index (κ2) is 5.81. The summed E-state index contributed by atoms with van der Waals surface area (Å²) in [5, 5.41) is 0. The average Bonchev–Trinajstić information content (AvgIpc) is 2.96. The molecule has 12 heteroatoms. The summed E-state index contributed by atoms with van der Waals surface area (Å²) >= 11 is 0. The van der Waals surface area contributed by atoms with Gasteiger partial charge in [0.1, 0.15) is 16.7 Å². The van der Waals surface area contributed by atoms with Crippen molar-refractivity contribution in [3.8, 4) is 0 Å². The van der Waals surface area contributed by atoms with Crippen molar-refractivity contribution < 1.29 is 21.6 Å². The van der Waals surface area contributed by atoms with Crippen molar-refractivity contribution in [3.05, 3.63) is 45.1 Å². The standard InChI is InChI=1S/C13H11F3N4O4S/c14-13(15,16)25(23,24)18-5-2-6-19-11(21)8-3-1-4-10-17-7-9(12(19)22)20(8)10/h1,3-4,7,18H,2,5-6H2. The topological polar surface area (TPSA) is 103 Å². The van der Waals surface area contributed by atoms with E-state index >= 15 is 0 Å². The fraction of sp³-hybridized carbons (Fsp3) is 0.308.